The molecule has 0 radical (unpaired) electrons. The Kier molecular flexibility index (Phi) is 5.94. The average molecular weight is 438 g/mol. The molecule has 0 saturated carbocycles. The van der Waals surface area contributed by atoms with Crippen LogP contribution in [0.5, 0.6) is 0 Å². The summed E-state index contributed by atoms with van der Waals surface area (Å²) in [6, 6.07) is 11.8. The molecule has 5 heteroatoms. The maximum Gasteiger partial charge on any atom is 0.0589 e. The minimum Gasteiger partial charge on any atom is -0.306 e. The summed E-state index contributed by atoms with van der Waals surface area (Å²) in [5.41, 5.74) is 2.18. The van der Waals surface area contributed by atoms with Gasteiger partial charge >= 0.3 is 0 Å². The van der Waals surface area contributed by atoms with E-state index in [1.165, 1.54) is 0 Å². The maximum atomic E-state index is 6.12. The summed E-state index contributed by atoms with van der Waals surface area (Å²) in [5, 5.41) is 4.75. The summed E-state index contributed by atoms with van der Waals surface area (Å²) in [6.45, 7) is 2.92. The Morgan fingerprint density at radius 1 is 1.05 bits per heavy atom. The number of hydrogen-bond donors (Lipinski definition) is 1. The molecule has 0 fully saturated rings. The largest absolute Gasteiger partial charge is 0.306 e. The molecule has 2 rings (SSSR count). The summed E-state index contributed by atoms with van der Waals surface area (Å²) in [4.78, 5) is 0. The number of nitrogens with one attached hydrogen (secondary N) is 1. The third-order valence-corrected chi connectivity index (χ3v) is 4.55. The smallest absolute Gasteiger partial charge is 0.0589 e. The quantitative estimate of drug-likeness (QED) is 0.598. The monoisotopic (exact) mass is 435 g/mol. The summed E-state index contributed by atoms with van der Waals surface area (Å²) < 4.78 is 2.08. The molecule has 1 atom stereocenters. The minimum atomic E-state index is 0.0306. The highest BCUT2D eigenvalue weighted by Gasteiger charge is 2.17. The fraction of sp³-hybridized carbons (Fsp3) is 0.200. The van der Waals surface area contributed by atoms with Crippen molar-refractivity contribution in [1.82, 2.24) is 5.32 Å². The lowest BCUT2D eigenvalue weighted by Gasteiger charge is -2.21. The van der Waals surface area contributed by atoms with Gasteiger partial charge in [0.25, 0.3) is 0 Å². The van der Waals surface area contributed by atoms with Crippen LogP contribution in [0, 0.1) is 0 Å². The zero-order chi connectivity index (χ0) is 14.7. The first kappa shape index (κ1) is 16.3. The normalized spacial score (nSPS) is 12.4. The molecule has 1 N–H and O–H groups in total. The zero-order valence-corrected chi connectivity index (χ0v) is 15.4. The summed E-state index contributed by atoms with van der Waals surface area (Å²) >= 11 is 19.4. The van der Waals surface area contributed by atoms with Gasteiger partial charge in [0.15, 0.2) is 0 Å². The summed E-state index contributed by atoms with van der Waals surface area (Å²) in [5.74, 6) is 0. The van der Waals surface area contributed by atoms with Crippen molar-refractivity contribution in [1.29, 1.82) is 0 Å². The van der Waals surface area contributed by atoms with Gasteiger partial charge in [-0.3, -0.25) is 0 Å². The van der Waals surface area contributed by atoms with Gasteiger partial charge in [0, 0.05) is 19.0 Å². The first-order valence-electron chi connectivity index (χ1n) is 6.15. The van der Waals surface area contributed by atoms with Gasteiger partial charge in [0.1, 0.15) is 0 Å². The van der Waals surface area contributed by atoms with Crippen LogP contribution < -0.4 is 5.32 Å². The Labute approximate surface area is 145 Å². The molecule has 0 heterocycles. The molecule has 0 bridgehead atoms. The fourth-order valence-corrected chi connectivity index (χ4v) is 3.49. The molecule has 2 aromatic carbocycles. The Balaban J connectivity index is 2.52. The zero-order valence-electron chi connectivity index (χ0n) is 10.8. The Bertz CT molecular complexity index is 597. The molecule has 0 amide bonds. The first-order valence-corrected chi connectivity index (χ1v) is 8.49. The average Bonchev–Trinajstić information content (AvgIpc) is 2.38. The maximum absolute atomic E-state index is 6.12. The van der Waals surface area contributed by atoms with E-state index in [2.05, 4.69) is 50.2 Å². The molecule has 1 nitrogen and oxygen atoms in total. The van der Waals surface area contributed by atoms with Crippen molar-refractivity contribution in [3.05, 3.63) is 66.5 Å². The lowest BCUT2D eigenvalue weighted by Crippen LogP contribution is -2.22. The van der Waals surface area contributed by atoms with Gasteiger partial charge in [-0.2, -0.15) is 0 Å². The second-order valence-electron chi connectivity index (χ2n) is 4.36. The molecule has 0 aliphatic carbocycles. The molecule has 1 unspecified atom stereocenters. The van der Waals surface area contributed by atoms with Crippen LogP contribution in [0.1, 0.15) is 24.1 Å². The van der Waals surface area contributed by atoms with Crippen molar-refractivity contribution < 1.29 is 0 Å². The molecule has 0 aliphatic rings. The molecule has 0 saturated heterocycles. The van der Waals surface area contributed by atoms with Crippen LogP contribution in [0.2, 0.25) is 10.0 Å². The van der Waals surface area contributed by atoms with Gasteiger partial charge in [-0.1, -0.05) is 62.0 Å². The highest BCUT2D eigenvalue weighted by atomic mass is 79.9. The number of halogens is 4. The van der Waals surface area contributed by atoms with Crippen molar-refractivity contribution in [3.63, 3.8) is 0 Å². The van der Waals surface area contributed by atoms with Crippen LogP contribution in [0.4, 0.5) is 0 Å². The van der Waals surface area contributed by atoms with Gasteiger partial charge in [-0.05, 0) is 54.1 Å². The van der Waals surface area contributed by atoms with Crippen LogP contribution >= 0.6 is 55.1 Å². The van der Waals surface area contributed by atoms with E-state index in [0.29, 0.717) is 10.0 Å². The lowest BCUT2D eigenvalue weighted by molar-refractivity contribution is 0.628. The molecular weight excluding hydrogens is 425 g/mol. The van der Waals surface area contributed by atoms with E-state index in [-0.39, 0.29) is 6.04 Å². The molecule has 0 spiro atoms. The first-order chi connectivity index (χ1) is 9.51. The van der Waals surface area contributed by atoms with Crippen molar-refractivity contribution >= 4 is 55.1 Å². The van der Waals surface area contributed by atoms with E-state index in [4.69, 9.17) is 23.2 Å². The standard InChI is InChI=1S/C15H13Br2Cl2N/c1-2-20-15(9-5-11(18)8-12(19)6-9)13-7-10(16)3-4-14(13)17/h3-8,15,20H,2H2,1H3. The van der Waals surface area contributed by atoms with E-state index >= 15 is 0 Å². The summed E-state index contributed by atoms with van der Waals surface area (Å²) in [6.07, 6.45) is 0. The van der Waals surface area contributed by atoms with Gasteiger partial charge < -0.3 is 5.32 Å². The molecular formula is C15H13Br2Cl2N. The fourth-order valence-electron chi connectivity index (χ4n) is 2.09. The third-order valence-electron chi connectivity index (χ3n) is 2.90. The van der Waals surface area contributed by atoms with Gasteiger partial charge in [-0.15, -0.1) is 0 Å². The number of rotatable bonds is 4. The van der Waals surface area contributed by atoms with E-state index < -0.39 is 0 Å². The lowest BCUT2D eigenvalue weighted by atomic mass is 9.98. The van der Waals surface area contributed by atoms with Gasteiger partial charge in [0.05, 0.1) is 6.04 Å². The van der Waals surface area contributed by atoms with Crippen LogP contribution in [-0.4, -0.2) is 6.54 Å². The summed E-state index contributed by atoms with van der Waals surface area (Å²) in [7, 11) is 0. The van der Waals surface area contributed by atoms with E-state index in [1.807, 2.05) is 24.3 Å². The number of benzene rings is 2. The molecule has 2 aromatic rings. The molecule has 20 heavy (non-hydrogen) atoms. The molecule has 0 aromatic heterocycles. The van der Waals surface area contributed by atoms with Crippen LogP contribution in [0.15, 0.2) is 45.3 Å². The second kappa shape index (κ2) is 7.28. The predicted octanol–water partition coefficient (Wildman–Crippen LogP) is 6.22. The van der Waals surface area contributed by atoms with E-state index in [0.717, 1.165) is 26.6 Å². The van der Waals surface area contributed by atoms with Crippen LogP contribution in [0.25, 0.3) is 0 Å². The van der Waals surface area contributed by atoms with Crippen LogP contribution in [0.3, 0.4) is 0 Å². The highest BCUT2D eigenvalue weighted by molar-refractivity contribution is 9.11. The van der Waals surface area contributed by atoms with Crippen molar-refractivity contribution in [2.75, 3.05) is 6.54 Å². The molecule has 0 aliphatic heterocycles. The highest BCUT2D eigenvalue weighted by Crippen LogP contribution is 2.33. The Morgan fingerprint density at radius 3 is 2.30 bits per heavy atom. The molecule has 106 valence electrons. The second-order valence-corrected chi connectivity index (χ2v) is 7.00. The van der Waals surface area contributed by atoms with Crippen molar-refractivity contribution in [3.8, 4) is 0 Å². The Hall–Kier alpha value is -0.0600. The third kappa shape index (κ3) is 3.99. The predicted molar refractivity (Wildman–Crippen MR) is 93.8 cm³/mol. The van der Waals surface area contributed by atoms with Crippen molar-refractivity contribution in [2.24, 2.45) is 0 Å². The van der Waals surface area contributed by atoms with E-state index in [9.17, 15) is 0 Å². The Morgan fingerprint density at radius 2 is 1.70 bits per heavy atom. The minimum absolute atomic E-state index is 0.0306. The van der Waals surface area contributed by atoms with Gasteiger partial charge in [-0.25, -0.2) is 0 Å². The van der Waals surface area contributed by atoms with Crippen LogP contribution in [-0.2, 0) is 0 Å². The van der Waals surface area contributed by atoms with Gasteiger partial charge in [0.2, 0.25) is 0 Å². The SMILES string of the molecule is CCNC(c1cc(Cl)cc(Cl)c1)c1cc(Br)ccc1Br. The topological polar surface area (TPSA) is 12.0 Å². The van der Waals surface area contributed by atoms with E-state index in [1.54, 1.807) is 6.07 Å². The number of hydrogen-bond acceptors (Lipinski definition) is 1. The van der Waals surface area contributed by atoms with Crippen molar-refractivity contribution in [2.45, 2.75) is 13.0 Å².